The van der Waals surface area contributed by atoms with E-state index in [2.05, 4.69) is 15.5 Å². The highest BCUT2D eigenvalue weighted by molar-refractivity contribution is 8.15. The topological polar surface area (TPSA) is 134 Å². The lowest BCUT2D eigenvalue weighted by molar-refractivity contribution is -0.385. The normalized spacial score (nSPS) is 17.6. The lowest BCUT2D eigenvalue weighted by Crippen LogP contribution is -2.26. The average Bonchev–Trinajstić information content (AvgIpc) is 3.00. The van der Waals surface area contributed by atoms with Gasteiger partial charge in [-0.2, -0.15) is 5.10 Å². The molecule has 1 unspecified atom stereocenters. The Morgan fingerprint density at radius 2 is 1.97 bits per heavy atom. The van der Waals surface area contributed by atoms with E-state index in [4.69, 9.17) is 5.11 Å². The molecule has 3 rings (SSSR count). The van der Waals surface area contributed by atoms with Crippen molar-refractivity contribution in [2.75, 3.05) is 0 Å². The summed E-state index contributed by atoms with van der Waals surface area (Å²) in [6.45, 7) is 1.97. The van der Waals surface area contributed by atoms with Crippen LogP contribution < -0.4 is 5.32 Å². The highest BCUT2D eigenvalue weighted by atomic mass is 32.2. The molecule has 1 atom stereocenters. The summed E-state index contributed by atoms with van der Waals surface area (Å²) in [5.41, 5.74) is 2.92. The van der Waals surface area contributed by atoms with Crippen molar-refractivity contribution in [1.29, 1.82) is 0 Å². The number of nitro groups is 1. The van der Waals surface area contributed by atoms with E-state index in [-0.39, 0.29) is 22.8 Å². The van der Waals surface area contributed by atoms with Crippen molar-refractivity contribution in [3.63, 3.8) is 0 Å². The zero-order chi connectivity index (χ0) is 21.0. The van der Waals surface area contributed by atoms with E-state index in [0.717, 1.165) is 28.5 Å². The predicted octanol–water partition coefficient (Wildman–Crippen LogP) is 2.97. The fourth-order valence-corrected chi connectivity index (χ4v) is 3.55. The van der Waals surface area contributed by atoms with Gasteiger partial charge in [-0.05, 0) is 30.2 Å². The Hall–Kier alpha value is -3.53. The summed E-state index contributed by atoms with van der Waals surface area (Å²) in [5, 5.41) is 29.6. The third-order valence-electron chi connectivity index (χ3n) is 4.09. The quantitative estimate of drug-likeness (QED) is 0.425. The second-order valence-electron chi connectivity index (χ2n) is 6.24. The summed E-state index contributed by atoms with van der Waals surface area (Å²) in [5.74, 6) is -1.55. The maximum atomic E-state index is 11.7. The fraction of sp³-hybridized carbons (Fsp3) is 0.158. The second kappa shape index (κ2) is 8.65. The first-order valence-corrected chi connectivity index (χ1v) is 9.37. The first-order chi connectivity index (χ1) is 13.8. The minimum absolute atomic E-state index is 0.128. The van der Waals surface area contributed by atoms with Gasteiger partial charge in [0, 0.05) is 6.07 Å². The summed E-state index contributed by atoms with van der Waals surface area (Å²) >= 11 is 0.955. The van der Waals surface area contributed by atoms with Crippen LogP contribution in [0.4, 0.5) is 5.69 Å². The van der Waals surface area contributed by atoms with Crippen molar-refractivity contribution in [1.82, 2.24) is 5.32 Å². The predicted molar refractivity (Wildman–Crippen MR) is 110 cm³/mol. The van der Waals surface area contributed by atoms with Crippen molar-refractivity contribution in [2.45, 2.75) is 18.6 Å². The average molecular weight is 412 g/mol. The summed E-state index contributed by atoms with van der Waals surface area (Å²) in [7, 11) is 0. The van der Waals surface area contributed by atoms with Gasteiger partial charge in [-0.15, -0.1) is 5.10 Å². The number of amides is 1. The van der Waals surface area contributed by atoms with E-state index in [1.807, 2.05) is 31.2 Å². The van der Waals surface area contributed by atoms with Gasteiger partial charge in [-0.3, -0.25) is 19.7 Å². The number of carbonyl (C=O) groups is 2. The first kappa shape index (κ1) is 20.2. The molecule has 2 N–H and O–H groups in total. The minimum Gasteiger partial charge on any atom is -0.481 e. The second-order valence-corrected chi connectivity index (χ2v) is 7.43. The minimum atomic E-state index is -1.09. The summed E-state index contributed by atoms with van der Waals surface area (Å²) in [6.07, 6.45) is 0.906. The van der Waals surface area contributed by atoms with Crippen LogP contribution in [0, 0.1) is 17.0 Å². The Bertz CT molecular complexity index is 1030. The van der Waals surface area contributed by atoms with E-state index in [1.165, 1.54) is 12.3 Å². The summed E-state index contributed by atoms with van der Waals surface area (Å²) in [4.78, 5) is 33.3. The number of nitro benzene ring substituents is 1. The first-order valence-electron chi connectivity index (χ1n) is 8.49. The van der Waals surface area contributed by atoms with E-state index >= 15 is 0 Å². The van der Waals surface area contributed by atoms with Crippen LogP contribution in [0.3, 0.4) is 0 Å². The number of carboxylic acids is 1. The Labute approximate surface area is 169 Å². The standard InChI is InChI=1S/C19H16N4O5S/c1-11-2-4-12(5-3-11)13-6-7-15(23(27)28)14(8-13)10-20-22-19-21-18(26)16(29-19)9-17(24)25/h2-8,10,16H,9H2,1H3,(H,24,25)(H,21,22,26). The number of hydrogen-bond acceptors (Lipinski definition) is 7. The van der Waals surface area contributed by atoms with Crippen molar-refractivity contribution in [3.05, 3.63) is 63.7 Å². The maximum Gasteiger partial charge on any atom is 0.305 e. The number of aliphatic carboxylic acids is 1. The number of rotatable bonds is 6. The van der Waals surface area contributed by atoms with Gasteiger partial charge in [0.1, 0.15) is 5.25 Å². The Balaban J connectivity index is 1.84. The molecule has 1 amide bonds. The molecule has 1 aliphatic heterocycles. The van der Waals surface area contributed by atoms with Crippen LogP contribution in [-0.2, 0) is 9.59 Å². The van der Waals surface area contributed by atoms with Crippen LogP contribution in [0.2, 0.25) is 0 Å². The fourth-order valence-electron chi connectivity index (χ4n) is 2.64. The van der Waals surface area contributed by atoms with Crippen molar-refractivity contribution in [3.8, 4) is 11.1 Å². The molecule has 1 aliphatic rings. The largest absolute Gasteiger partial charge is 0.481 e. The lowest BCUT2D eigenvalue weighted by atomic mass is 10.0. The van der Waals surface area contributed by atoms with Gasteiger partial charge >= 0.3 is 5.97 Å². The Morgan fingerprint density at radius 1 is 1.28 bits per heavy atom. The van der Waals surface area contributed by atoms with Gasteiger partial charge in [0.05, 0.1) is 23.1 Å². The number of nitrogens with zero attached hydrogens (tertiary/aromatic N) is 3. The van der Waals surface area contributed by atoms with Gasteiger partial charge in [-0.1, -0.05) is 41.6 Å². The molecule has 0 aromatic heterocycles. The molecular formula is C19H16N4O5S. The van der Waals surface area contributed by atoms with Gasteiger partial charge < -0.3 is 10.4 Å². The Kier molecular flexibility index (Phi) is 6.03. The van der Waals surface area contributed by atoms with Crippen LogP contribution in [-0.4, -0.2) is 38.5 Å². The van der Waals surface area contributed by atoms with Gasteiger partial charge in [-0.25, -0.2) is 0 Å². The molecule has 1 fully saturated rings. The number of nitrogens with one attached hydrogen (secondary N) is 1. The molecule has 0 saturated carbocycles. The van der Waals surface area contributed by atoms with Crippen molar-refractivity contribution >= 4 is 40.7 Å². The molecule has 2 aromatic rings. The smallest absolute Gasteiger partial charge is 0.305 e. The molecule has 1 saturated heterocycles. The molecule has 0 radical (unpaired) electrons. The number of thioether (sulfide) groups is 1. The number of aryl methyl sites for hydroxylation is 1. The molecular weight excluding hydrogens is 396 g/mol. The molecule has 10 heteroatoms. The highest BCUT2D eigenvalue weighted by Crippen LogP contribution is 2.26. The molecule has 2 aromatic carbocycles. The lowest BCUT2D eigenvalue weighted by Gasteiger charge is -2.04. The molecule has 29 heavy (non-hydrogen) atoms. The molecule has 1 heterocycles. The third-order valence-corrected chi connectivity index (χ3v) is 5.16. The van der Waals surface area contributed by atoms with Crippen LogP contribution in [0.25, 0.3) is 11.1 Å². The number of carboxylic acid groups (broad SMARTS) is 1. The van der Waals surface area contributed by atoms with E-state index in [9.17, 15) is 19.7 Å². The number of amidine groups is 1. The number of benzene rings is 2. The van der Waals surface area contributed by atoms with E-state index in [0.29, 0.717) is 0 Å². The van der Waals surface area contributed by atoms with Crippen molar-refractivity contribution < 1.29 is 19.6 Å². The SMILES string of the molecule is Cc1ccc(-c2ccc([N+](=O)[O-])c(C=NN=C3NC(=O)C(CC(=O)O)S3)c2)cc1. The third kappa shape index (κ3) is 5.05. The summed E-state index contributed by atoms with van der Waals surface area (Å²) in [6, 6.07) is 12.4. The van der Waals surface area contributed by atoms with Gasteiger partial charge in [0.15, 0.2) is 5.17 Å². The molecule has 0 spiro atoms. The monoisotopic (exact) mass is 412 g/mol. The molecule has 0 bridgehead atoms. The number of carbonyl (C=O) groups excluding carboxylic acids is 1. The molecule has 9 nitrogen and oxygen atoms in total. The van der Waals surface area contributed by atoms with E-state index < -0.39 is 22.0 Å². The summed E-state index contributed by atoms with van der Waals surface area (Å²) < 4.78 is 0. The van der Waals surface area contributed by atoms with Gasteiger partial charge in [0.2, 0.25) is 5.91 Å². The zero-order valence-electron chi connectivity index (χ0n) is 15.2. The highest BCUT2D eigenvalue weighted by Gasteiger charge is 2.32. The van der Waals surface area contributed by atoms with Crippen LogP contribution in [0.1, 0.15) is 17.5 Å². The molecule has 0 aliphatic carbocycles. The molecule has 148 valence electrons. The van der Waals surface area contributed by atoms with Crippen LogP contribution in [0.5, 0.6) is 0 Å². The van der Waals surface area contributed by atoms with E-state index in [1.54, 1.807) is 12.1 Å². The zero-order valence-corrected chi connectivity index (χ0v) is 16.0. The van der Waals surface area contributed by atoms with Crippen LogP contribution >= 0.6 is 11.8 Å². The van der Waals surface area contributed by atoms with Crippen LogP contribution in [0.15, 0.2) is 52.7 Å². The Morgan fingerprint density at radius 3 is 2.62 bits per heavy atom. The van der Waals surface area contributed by atoms with Crippen molar-refractivity contribution in [2.24, 2.45) is 10.2 Å². The number of hydrogen-bond donors (Lipinski definition) is 2. The van der Waals surface area contributed by atoms with Gasteiger partial charge in [0.25, 0.3) is 5.69 Å². The maximum absolute atomic E-state index is 11.7.